The van der Waals surface area contributed by atoms with Crippen molar-refractivity contribution < 1.29 is 14.2 Å². The molecule has 0 saturated heterocycles. The van der Waals surface area contributed by atoms with Crippen LogP contribution in [-0.2, 0) is 6.42 Å². The van der Waals surface area contributed by atoms with Crippen molar-refractivity contribution in [1.82, 2.24) is 4.57 Å². The standard InChI is InChI=1S/C28H20BrFN2O3S/c1-35-22-14-18(29)12-17(26(22)33)13-23-27(34)32-25(16-6-9-19(30)10-7-16)21-11-8-15-4-2-3-5-20(15)24(21)31-28(32)36-23/h2-7,9-10,12-14,25,33H,8,11H2,1H3/b23-13+/t25-/m0/s1. The molecule has 1 aromatic heterocycles. The zero-order valence-electron chi connectivity index (χ0n) is 19.2. The molecule has 0 amide bonds. The molecule has 2 aliphatic rings. The van der Waals surface area contributed by atoms with Crippen LogP contribution in [0.4, 0.5) is 4.39 Å². The van der Waals surface area contributed by atoms with Gasteiger partial charge in [0.05, 0.1) is 23.4 Å². The lowest BCUT2D eigenvalue weighted by molar-refractivity contribution is 0.372. The van der Waals surface area contributed by atoms with Crippen molar-refractivity contribution in [3.05, 3.63) is 118 Å². The van der Waals surface area contributed by atoms with Crippen LogP contribution in [0.3, 0.4) is 0 Å². The van der Waals surface area contributed by atoms with E-state index in [0.29, 0.717) is 25.1 Å². The second-order valence-corrected chi connectivity index (χ2v) is 10.6. The fourth-order valence-electron chi connectivity index (χ4n) is 4.97. The lowest BCUT2D eigenvalue weighted by Gasteiger charge is -2.30. The summed E-state index contributed by atoms with van der Waals surface area (Å²) in [7, 11) is 1.48. The van der Waals surface area contributed by atoms with E-state index in [9.17, 15) is 14.3 Å². The summed E-state index contributed by atoms with van der Waals surface area (Å²) < 4.78 is 21.9. The topological polar surface area (TPSA) is 63.8 Å². The molecule has 0 unspecified atom stereocenters. The molecule has 0 spiro atoms. The van der Waals surface area contributed by atoms with Gasteiger partial charge in [-0.25, -0.2) is 9.38 Å². The Hall–Kier alpha value is -3.49. The zero-order valence-corrected chi connectivity index (χ0v) is 21.6. The lowest BCUT2D eigenvalue weighted by Crippen LogP contribution is -2.38. The highest BCUT2D eigenvalue weighted by Crippen LogP contribution is 2.41. The number of phenolic OH excluding ortho intramolecular Hbond substituents is 1. The molecule has 1 aliphatic heterocycles. The highest BCUT2D eigenvalue weighted by molar-refractivity contribution is 9.10. The minimum absolute atomic E-state index is 0.0464. The number of thiazole rings is 1. The number of nitrogens with zero attached hydrogens (tertiary/aromatic N) is 2. The number of methoxy groups -OCH3 is 1. The molecule has 0 saturated carbocycles. The SMILES string of the molecule is COc1cc(Br)cc(/C=c2/sc3n(c2=O)[C@@H](c2ccc(F)cc2)C2=C(N=3)c3ccccc3CC2)c1O. The first-order valence-corrected chi connectivity index (χ1v) is 13.0. The van der Waals surface area contributed by atoms with E-state index in [4.69, 9.17) is 9.73 Å². The van der Waals surface area contributed by atoms with Gasteiger partial charge in [0, 0.05) is 15.6 Å². The summed E-state index contributed by atoms with van der Waals surface area (Å²) in [5.74, 6) is -0.0667. The quantitative estimate of drug-likeness (QED) is 0.385. The number of phenols is 1. The van der Waals surface area contributed by atoms with E-state index in [-0.39, 0.29) is 17.1 Å². The fourth-order valence-corrected chi connectivity index (χ4v) is 6.42. The van der Waals surface area contributed by atoms with Gasteiger partial charge < -0.3 is 9.84 Å². The van der Waals surface area contributed by atoms with E-state index >= 15 is 0 Å². The maximum atomic E-state index is 13.8. The number of allylic oxidation sites excluding steroid dienone is 1. The molecule has 6 rings (SSSR count). The van der Waals surface area contributed by atoms with Crippen molar-refractivity contribution in [3.8, 4) is 11.5 Å². The van der Waals surface area contributed by atoms with Crippen molar-refractivity contribution in [3.63, 3.8) is 0 Å². The van der Waals surface area contributed by atoms with Crippen molar-refractivity contribution in [1.29, 1.82) is 0 Å². The summed E-state index contributed by atoms with van der Waals surface area (Å²) in [6, 6.07) is 17.5. The van der Waals surface area contributed by atoms with Crippen LogP contribution in [0.2, 0.25) is 0 Å². The summed E-state index contributed by atoms with van der Waals surface area (Å²) in [6.45, 7) is 0. The van der Waals surface area contributed by atoms with Crippen LogP contribution in [0.25, 0.3) is 11.8 Å². The normalized spacial score (nSPS) is 16.8. The molecule has 36 heavy (non-hydrogen) atoms. The highest BCUT2D eigenvalue weighted by atomic mass is 79.9. The first-order chi connectivity index (χ1) is 17.4. The molecule has 2 heterocycles. The van der Waals surface area contributed by atoms with E-state index < -0.39 is 6.04 Å². The smallest absolute Gasteiger partial charge is 0.271 e. The molecule has 0 bridgehead atoms. The van der Waals surface area contributed by atoms with Gasteiger partial charge in [-0.3, -0.25) is 9.36 Å². The summed E-state index contributed by atoms with van der Waals surface area (Å²) in [6.07, 6.45) is 3.26. The van der Waals surface area contributed by atoms with Crippen molar-refractivity contribution in [2.24, 2.45) is 4.99 Å². The maximum Gasteiger partial charge on any atom is 0.271 e. The van der Waals surface area contributed by atoms with Gasteiger partial charge in [-0.05, 0) is 59.9 Å². The van der Waals surface area contributed by atoms with Gasteiger partial charge in [0.15, 0.2) is 16.3 Å². The highest BCUT2D eigenvalue weighted by Gasteiger charge is 2.32. The van der Waals surface area contributed by atoms with Gasteiger partial charge in [-0.15, -0.1) is 0 Å². The van der Waals surface area contributed by atoms with Crippen molar-refractivity contribution in [2.75, 3.05) is 7.11 Å². The molecule has 180 valence electrons. The third-order valence-corrected chi connectivity index (χ3v) is 8.08. The predicted octanol–water partition coefficient (Wildman–Crippen LogP) is 4.93. The molecule has 1 N–H and O–H groups in total. The van der Waals surface area contributed by atoms with Gasteiger partial charge >= 0.3 is 0 Å². The molecule has 8 heteroatoms. The van der Waals surface area contributed by atoms with Gasteiger partial charge in [-0.2, -0.15) is 0 Å². The summed E-state index contributed by atoms with van der Waals surface area (Å²) >= 11 is 4.70. The van der Waals surface area contributed by atoms with E-state index in [1.807, 2.05) is 12.1 Å². The molecule has 0 fully saturated rings. The second kappa shape index (κ2) is 8.87. The van der Waals surface area contributed by atoms with Crippen LogP contribution >= 0.6 is 27.3 Å². The Bertz CT molecular complexity index is 1740. The predicted molar refractivity (Wildman–Crippen MR) is 142 cm³/mol. The molecule has 3 aromatic carbocycles. The summed E-state index contributed by atoms with van der Waals surface area (Å²) in [5.41, 5.74) is 5.30. The van der Waals surface area contributed by atoms with Crippen LogP contribution in [0.5, 0.6) is 11.5 Å². The molecule has 5 nitrogen and oxygen atoms in total. The molecule has 4 aromatic rings. The Kier molecular flexibility index (Phi) is 5.65. The third-order valence-electron chi connectivity index (χ3n) is 6.63. The third kappa shape index (κ3) is 3.72. The van der Waals surface area contributed by atoms with Gasteiger partial charge in [0.2, 0.25) is 0 Å². The maximum absolute atomic E-state index is 13.8. The van der Waals surface area contributed by atoms with E-state index in [2.05, 4.69) is 28.1 Å². The van der Waals surface area contributed by atoms with E-state index in [0.717, 1.165) is 35.2 Å². The zero-order chi connectivity index (χ0) is 25.0. The number of hydrogen-bond acceptors (Lipinski definition) is 5. The average Bonchev–Trinajstić information content (AvgIpc) is 3.19. The number of fused-ring (bicyclic) bond motifs is 3. The monoisotopic (exact) mass is 562 g/mol. The Morgan fingerprint density at radius 1 is 1.17 bits per heavy atom. The number of aromatic hydroxyl groups is 1. The number of aromatic nitrogens is 1. The second-order valence-electron chi connectivity index (χ2n) is 8.71. The van der Waals surface area contributed by atoms with E-state index in [1.165, 1.54) is 36.1 Å². The van der Waals surface area contributed by atoms with E-state index in [1.54, 1.807) is 34.9 Å². The summed E-state index contributed by atoms with van der Waals surface area (Å²) in [4.78, 5) is 19.3. The molecule has 1 atom stereocenters. The number of halogens is 2. The van der Waals surface area contributed by atoms with Crippen LogP contribution < -0.4 is 19.6 Å². The minimum atomic E-state index is -0.391. The Labute approximate surface area is 218 Å². The molecule has 1 aliphatic carbocycles. The largest absolute Gasteiger partial charge is 0.504 e. The summed E-state index contributed by atoms with van der Waals surface area (Å²) in [5, 5.41) is 10.7. The van der Waals surface area contributed by atoms with Gasteiger partial charge in [-0.1, -0.05) is 63.7 Å². The van der Waals surface area contributed by atoms with Gasteiger partial charge in [0.1, 0.15) is 5.82 Å². The van der Waals surface area contributed by atoms with Crippen molar-refractivity contribution in [2.45, 2.75) is 18.9 Å². The van der Waals surface area contributed by atoms with Crippen LogP contribution in [0.1, 0.15) is 34.7 Å². The number of hydrogen-bond donors (Lipinski definition) is 1. The average molecular weight is 563 g/mol. The minimum Gasteiger partial charge on any atom is -0.504 e. The molecule has 0 radical (unpaired) electrons. The Balaban J connectivity index is 1.62. The molecular formula is C28H20BrFN2O3S. The molecular weight excluding hydrogens is 543 g/mol. The number of ether oxygens (including phenoxy) is 1. The first-order valence-electron chi connectivity index (χ1n) is 11.4. The van der Waals surface area contributed by atoms with Crippen LogP contribution in [-0.4, -0.2) is 16.8 Å². The van der Waals surface area contributed by atoms with Crippen molar-refractivity contribution >= 4 is 39.0 Å². The van der Waals surface area contributed by atoms with Gasteiger partial charge in [0.25, 0.3) is 5.56 Å². The Morgan fingerprint density at radius 2 is 1.94 bits per heavy atom. The Morgan fingerprint density at radius 3 is 2.72 bits per heavy atom. The number of rotatable bonds is 3. The number of aryl methyl sites for hydroxylation is 1. The first kappa shape index (κ1) is 22.9. The fraction of sp³-hybridized carbons (Fsp3) is 0.143. The lowest BCUT2D eigenvalue weighted by atomic mass is 9.83. The van der Waals surface area contributed by atoms with Crippen LogP contribution in [0.15, 0.2) is 80.5 Å². The number of benzene rings is 3. The van der Waals surface area contributed by atoms with Crippen LogP contribution in [0, 0.1) is 5.82 Å².